The molecule has 0 radical (unpaired) electrons. The second-order valence-corrected chi connectivity index (χ2v) is 6.46. The second kappa shape index (κ2) is 9.08. The first-order valence-corrected chi connectivity index (χ1v) is 8.75. The molecule has 0 saturated heterocycles. The van der Waals surface area contributed by atoms with Gasteiger partial charge in [-0.2, -0.15) is 0 Å². The van der Waals surface area contributed by atoms with E-state index in [-0.39, 0.29) is 12.4 Å². The quantitative estimate of drug-likeness (QED) is 0.719. The Labute approximate surface area is 146 Å². The highest BCUT2D eigenvalue weighted by Gasteiger charge is 2.12. The van der Waals surface area contributed by atoms with Crippen molar-refractivity contribution in [2.75, 3.05) is 24.8 Å². The summed E-state index contributed by atoms with van der Waals surface area (Å²) in [7, 11) is 1.59. The second-order valence-electron chi connectivity index (χ2n) is 4.26. The molecule has 2 aromatic rings. The van der Waals surface area contributed by atoms with Gasteiger partial charge in [0.2, 0.25) is 11.0 Å². The third-order valence-corrected chi connectivity index (χ3v) is 4.57. The van der Waals surface area contributed by atoms with Gasteiger partial charge in [0.05, 0.1) is 25.2 Å². The average molecular weight is 368 g/mol. The normalized spacial score (nSPS) is 10.1. The molecule has 0 aliphatic heterocycles. The van der Waals surface area contributed by atoms with Crippen molar-refractivity contribution in [3.63, 3.8) is 0 Å². The van der Waals surface area contributed by atoms with Crippen molar-refractivity contribution in [1.29, 1.82) is 0 Å². The van der Waals surface area contributed by atoms with E-state index in [4.69, 9.17) is 4.74 Å². The molecule has 0 saturated carbocycles. The van der Waals surface area contributed by atoms with Gasteiger partial charge >= 0.3 is 6.09 Å². The minimum Gasteiger partial charge on any atom is -0.495 e. The number of methoxy groups -OCH3 is 1. The summed E-state index contributed by atoms with van der Waals surface area (Å²) in [5.74, 6) is 0.283. The average Bonchev–Trinajstić information content (AvgIpc) is 3.01. The number of imide groups is 1. The number of aromatic nitrogens is 2. The number of carbonyl (C=O) groups excluding carboxylic acids is 2. The van der Waals surface area contributed by atoms with E-state index >= 15 is 0 Å². The van der Waals surface area contributed by atoms with Crippen molar-refractivity contribution in [3.05, 3.63) is 24.3 Å². The van der Waals surface area contributed by atoms with Crippen molar-refractivity contribution >= 4 is 45.9 Å². The SMILES string of the molecule is CCOC(=O)NC(=O)CSc1nnc(Nc2ccccc2OC)s1. The number of hydrogen-bond acceptors (Lipinski definition) is 9. The predicted molar refractivity (Wildman–Crippen MR) is 92.1 cm³/mol. The molecule has 1 heterocycles. The van der Waals surface area contributed by atoms with Crippen LogP contribution in [0, 0.1) is 0 Å². The van der Waals surface area contributed by atoms with Crippen LogP contribution in [0.3, 0.4) is 0 Å². The summed E-state index contributed by atoms with van der Waals surface area (Å²) in [6, 6.07) is 7.44. The maximum absolute atomic E-state index is 11.6. The molecule has 0 aliphatic rings. The number of anilines is 2. The first kappa shape index (κ1) is 18.0. The van der Waals surface area contributed by atoms with E-state index in [0.29, 0.717) is 15.2 Å². The van der Waals surface area contributed by atoms with Crippen molar-refractivity contribution in [2.45, 2.75) is 11.3 Å². The van der Waals surface area contributed by atoms with Crippen LogP contribution in [-0.4, -0.2) is 41.7 Å². The summed E-state index contributed by atoms with van der Waals surface area (Å²) < 4.78 is 10.5. The van der Waals surface area contributed by atoms with Gasteiger partial charge in [0.25, 0.3) is 0 Å². The molecule has 2 amide bonds. The Hall–Kier alpha value is -2.33. The lowest BCUT2D eigenvalue weighted by Gasteiger charge is -2.07. The van der Waals surface area contributed by atoms with Gasteiger partial charge in [-0.1, -0.05) is 35.2 Å². The third-order valence-electron chi connectivity index (χ3n) is 2.60. The summed E-state index contributed by atoms with van der Waals surface area (Å²) in [5.41, 5.74) is 0.771. The van der Waals surface area contributed by atoms with Gasteiger partial charge in [-0.3, -0.25) is 10.1 Å². The van der Waals surface area contributed by atoms with Crippen LogP contribution in [0.25, 0.3) is 0 Å². The highest BCUT2D eigenvalue weighted by molar-refractivity contribution is 8.01. The van der Waals surface area contributed by atoms with Gasteiger partial charge in [0, 0.05) is 0 Å². The first-order valence-electron chi connectivity index (χ1n) is 6.95. The molecule has 1 aromatic heterocycles. The fraction of sp³-hybridized carbons (Fsp3) is 0.286. The maximum Gasteiger partial charge on any atom is 0.413 e. The van der Waals surface area contributed by atoms with E-state index in [1.165, 1.54) is 23.1 Å². The Kier molecular flexibility index (Phi) is 6.82. The molecule has 10 heteroatoms. The molecule has 0 spiro atoms. The molecule has 0 aliphatic carbocycles. The van der Waals surface area contributed by atoms with Crippen LogP contribution in [-0.2, 0) is 9.53 Å². The van der Waals surface area contributed by atoms with Crippen molar-refractivity contribution in [1.82, 2.24) is 15.5 Å². The smallest absolute Gasteiger partial charge is 0.413 e. The van der Waals surface area contributed by atoms with Crippen LogP contribution in [0.5, 0.6) is 5.75 Å². The van der Waals surface area contributed by atoms with Crippen molar-refractivity contribution < 1.29 is 19.1 Å². The van der Waals surface area contributed by atoms with Gasteiger partial charge in [0.15, 0.2) is 4.34 Å². The van der Waals surface area contributed by atoms with E-state index in [9.17, 15) is 9.59 Å². The highest BCUT2D eigenvalue weighted by atomic mass is 32.2. The minimum atomic E-state index is -0.751. The van der Waals surface area contributed by atoms with E-state index in [2.05, 4.69) is 25.6 Å². The lowest BCUT2D eigenvalue weighted by Crippen LogP contribution is -2.32. The molecule has 2 rings (SSSR count). The Morgan fingerprint density at radius 2 is 2.08 bits per heavy atom. The Morgan fingerprint density at radius 1 is 1.29 bits per heavy atom. The Bertz CT molecular complexity index is 708. The number of ether oxygens (including phenoxy) is 2. The molecule has 1 aromatic carbocycles. The number of nitrogens with one attached hydrogen (secondary N) is 2. The summed E-state index contributed by atoms with van der Waals surface area (Å²) in [5, 5.41) is 13.8. The zero-order chi connectivity index (χ0) is 17.4. The molecular weight excluding hydrogens is 352 g/mol. The van der Waals surface area contributed by atoms with E-state index in [0.717, 1.165) is 5.69 Å². The maximum atomic E-state index is 11.6. The van der Waals surface area contributed by atoms with Crippen LogP contribution in [0.1, 0.15) is 6.92 Å². The molecule has 8 nitrogen and oxygen atoms in total. The number of alkyl carbamates (subject to hydrolysis) is 1. The number of thioether (sulfide) groups is 1. The number of para-hydroxylation sites is 2. The van der Waals surface area contributed by atoms with Crippen molar-refractivity contribution in [2.24, 2.45) is 0 Å². The molecule has 24 heavy (non-hydrogen) atoms. The van der Waals surface area contributed by atoms with E-state index in [1.807, 2.05) is 24.3 Å². The van der Waals surface area contributed by atoms with Crippen LogP contribution >= 0.6 is 23.1 Å². The first-order chi connectivity index (χ1) is 11.6. The van der Waals surface area contributed by atoms with Gasteiger partial charge in [0.1, 0.15) is 5.75 Å². The van der Waals surface area contributed by atoms with E-state index < -0.39 is 12.0 Å². The number of amides is 2. The zero-order valence-electron chi connectivity index (χ0n) is 13.1. The minimum absolute atomic E-state index is 0.0438. The molecule has 0 fully saturated rings. The summed E-state index contributed by atoms with van der Waals surface area (Å²) >= 11 is 2.48. The van der Waals surface area contributed by atoms with Gasteiger partial charge in [-0.05, 0) is 19.1 Å². The van der Waals surface area contributed by atoms with Crippen LogP contribution < -0.4 is 15.4 Å². The van der Waals surface area contributed by atoms with Gasteiger partial charge < -0.3 is 14.8 Å². The highest BCUT2D eigenvalue weighted by Crippen LogP contribution is 2.31. The summed E-state index contributed by atoms with van der Waals surface area (Å²) in [6.07, 6.45) is -0.751. The molecule has 0 atom stereocenters. The topological polar surface area (TPSA) is 102 Å². The van der Waals surface area contributed by atoms with Crippen LogP contribution in [0.4, 0.5) is 15.6 Å². The lowest BCUT2D eigenvalue weighted by molar-refractivity contribution is -0.117. The lowest BCUT2D eigenvalue weighted by atomic mass is 10.3. The zero-order valence-corrected chi connectivity index (χ0v) is 14.7. The number of nitrogens with zero attached hydrogens (tertiary/aromatic N) is 2. The summed E-state index contributed by atoms with van der Waals surface area (Å²) in [6.45, 7) is 1.87. The molecular formula is C14H16N4O4S2. The summed E-state index contributed by atoms with van der Waals surface area (Å²) in [4.78, 5) is 22.7. The molecule has 0 bridgehead atoms. The fourth-order valence-corrected chi connectivity index (χ4v) is 3.19. The standard InChI is InChI=1S/C14H16N4O4S2/c1-3-22-13(20)16-11(19)8-23-14-18-17-12(24-14)15-9-6-4-5-7-10(9)21-2/h4-7H,3,8H2,1-2H3,(H,15,17)(H,16,19,20). The number of carbonyl (C=O) groups is 2. The predicted octanol–water partition coefficient (Wildman–Crippen LogP) is 2.66. The molecule has 128 valence electrons. The monoisotopic (exact) mass is 368 g/mol. The van der Waals surface area contributed by atoms with Crippen molar-refractivity contribution in [3.8, 4) is 5.75 Å². The molecule has 0 unspecified atom stereocenters. The Balaban J connectivity index is 1.87. The number of hydrogen-bond donors (Lipinski definition) is 2. The van der Waals surface area contributed by atoms with Crippen LogP contribution in [0.15, 0.2) is 28.6 Å². The Morgan fingerprint density at radius 3 is 2.83 bits per heavy atom. The molecule has 2 N–H and O–H groups in total. The fourth-order valence-electron chi connectivity index (χ4n) is 1.63. The number of rotatable bonds is 7. The van der Waals surface area contributed by atoms with Gasteiger partial charge in [-0.25, -0.2) is 4.79 Å². The third kappa shape index (κ3) is 5.39. The van der Waals surface area contributed by atoms with Gasteiger partial charge in [-0.15, -0.1) is 10.2 Å². The largest absolute Gasteiger partial charge is 0.495 e. The number of benzene rings is 1. The van der Waals surface area contributed by atoms with Crippen LogP contribution in [0.2, 0.25) is 0 Å². The van der Waals surface area contributed by atoms with E-state index in [1.54, 1.807) is 14.0 Å².